The van der Waals surface area contributed by atoms with Crippen molar-refractivity contribution >= 4 is 11.8 Å². The molecule has 1 aromatic rings. The lowest BCUT2D eigenvalue weighted by molar-refractivity contribution is -0.140. The second-order valence-corrected chi connectivity index (χ2v) is 4.77. The monoisotopic (exact) mass is 293 g/mol. The van der Waals surface area contributed by atoms with Crippen LogP contribution in [0.1, 0.15) is 5.56 Å². The van der Waals surface area contributed by atoms with Crippen LogP contribution < -0.4 is 5.32 Å². The first kappa shape index (κ1) is 15.4. The van der Waals surface area contributed by atoms with Gasteiger partial charge in [0.05, 0.1) is 26.2 Å². The van der Waals surface area contributed by atoms with E-state index >= 15 is 0 Å². The Labute approximate surface area is 122 Å². The van der Waals surface area contributed by atoms with Crippen molar-refractivity contribution in [3.05, 3.63) is 30.1 Å². The van der Waals surface area contributed by atoms with Crippen LogP contribution in [0.2, 0.25) is 0 Å². The van der Waals surface area contributed by atoms with Gasteiger partial charge in [-0.25, -0.2) is 0 Å². The summed E-state index contributed by atoms with van der Waals surface area (Å²) in [6.45, 7) is 1.51. The molecule has 1 atom stereocenters. The van der Waals surface area contributed by atoms with E-state index in [0.717, 1.165) is 5.56 Å². The summed E-state index contributed by atoms with van der Waals surface area (Å²) in [5.74, 6) is -0.578. The average Bonchev–Trinajstić information content (AvgIpc) is 2.53. The third kappa shape index (κ3) is 4.51. The number of hydrogen-bond donors (Lipinski definition) is 2. The van der Waals surface area contributed by atoms with Gasteiger partial charge in [0.1, 0.15) is 6.04 Å². The fraction of sp³-hybridized carbons (Fsp3) is 0.500. The Balaban J connectivity index is 1.88. The summed E-state index contributed by atoms with van der Waals surface area (Å²) in [4.78, 5) is 29.6. The Morgan fingerprint density at radius 1 is 1.33 bits per heavy atom. The smallest absolute Gasteiger partial charge is 0.247 e. The largest absolute Gasteiger partial charge is 0.394 e. The van der Waals surface area contributed by atoms with E-state index in [4.69, 9.17) is 4.74 Å². The van der Waals surface area contributed by atoms with E-state index in [1.165, 1.54) is 0 Å². The Bertz CT molecular complexity index is 474. The standard InChI is InChI=1S/C14H19N3O4/c18-10-12(14(20)17-5-7-21-8-6-17)16-13(19)9-11-1-3-15-4-2-11/h1-4,12,18H,5-10H2,(H,16,19). The fourth-order valence-electron chi connectivity index (χ4n) is 2.12. The zero-order chi connectivity index (χ0) is 15.1. The van der Waals surface area contributed by atoms with E-state index in [-0.39, 0.29) is 18.2 Å². The van der Waals surface area contributed by atoms with Crippen molar-refractivity contribution < 1.29 is 19.4 Å². The molecule has 7 nitrogen and oxygen atoms in total. The summed E-state index contributed by atoms with van der Waals surface area (Å²) in [6, 6.07) is 2.56. The summed E-state index contributed by atoms with van der Waals surface area (Å²) < 4.78 is 5.17. The number of morpholine rings is 1. The van der Waals surface area contributed by atoms with E-state index in [0.29, 0.717) is 26.3 Å². The van der Waals surface area contributed by atoms with Gasteiger partial charge >= 0.3 is 0 Å². The fourth-order valence-corrected chi connectivity index (χ4v) is 2.12. The number of carbonyl (C=O) groups excluding carboxylic acids is 2. The molecule has 0 radical (unpaired) electrons. The summed E-state index contributed by atoms with van der Waals surface area (Å²) in [5, 5.41) is 11.9. The third-order valence-corrected chi connectivity index (χ3v) is 3.25. The molecule has 0 bridgehead atoms. The van der Waals surface area contributed by atoms with Crippen LogP contribution in [-0.4, -0.2) is 65.8 Å². The van der Waals surface area contributed by atoms with Crippen LogP contribution >= 0.6 is 0 Å². The Morgan fingerprint density at radius 3 is 2.62 bits per heavy atom. The molecule has 1 saturated heterocycles. The van der Waals surface area contributed by atoms with E-state index in [2.05, 4.69) is 10.3 Å². The van der Waals surface area contributed by atoms with Gasteiger partial charge in [-0.3, -0.25) is 14.6 Å². The molecule has 2 amide bonds. The molecule has 21 heavy (non-hydrogen) atoms. The number of ether oxygens (including phenoxy) is 1. The van der Waals surface area contributed by atoms with Gasteiger partial charge in [0.15, 0.2) is 0 Å². The summed E-state index contributed by atoms with van der Waals surface area (Å²) in [7, 11) is 0. The number of aromatic nitrogens is 1. The molecule has 0 aliphatic carbocycles. The van der Waals surface area contributed by atoms with Crippen molar-refractivity contribution in [3.8, 4) is 0 Å². The second-order valence-electron chi connectivity index (χ2n) is 4.77. The number of nitrogens with zero attached hydrogens (tertiary/aromatic N) is 2. The highest BCUT2D eigenvalue weighted by molar-refractivity contribution is 5.88. The molecule has 1 aliphatic heterocycles. The van der Waals surface area contributed by atoms with Crippen LogP contribution in [0, 0.1) is 0 Å². The molecule has 1 fully saturated rings. The van der Waals surface area contributed by atoms with Crippen molar-refractivity contribution in [1.82, 2.24) is 15.2 Å². The molecule has 0 saturated carbocycles. The molecule has 2 heterocycles. The summed E-state index contributed by atoms with van der Waals surface area (Å²) in [6.07, 6.45) is 3.35. The molecule has 0 aromatic carbocycles. The topological polar surface area (TPSA) is 91.8 Å². The lowest BCUT2D eigenvalue weighted by atomic mass is 10.1. The SMILES string of the molecule is O=C(Cc1ccncc1)NC(CO)C(=O)N1CCOCC1. The molecular weight excluding hydrogens is 274 g/mol. The number of aliphatic hydroxyl groups is 1. The van der Waals surface area contributed by atoms with Crippen molar-refractivity contribution in [3.63, 3.8) is 0 Å². The van der Waals surface area contributed by atoms with E-state index in [1.54, 1.807) is 29.4 Å². The Hall–Kier alpha value is -1.99. The van der Waals surface area contributed by atoms with Crippen LogP contribution in [0.5, 0.6) is 0 Å². The molecule has 114 valence electrons. The summed E-state index contributed by atoms with van der Waals surface area (Å²) in [5.41, 5.74) is 0.804. The maximum absolute atomic E-state index is 12.2. The lowest BCUT2D eigenvalue weighted by Crippen LogP contribution is -2.53. The molecule has 0 spiro atoms. The lowest BCUT2D eigenvalue weighted by Gasteiger charge is -2.30. The number of aliphatic hydroxyl groups excluding tert-OH is 1. The van der Waals surface area contributed by atoms with Crippen molar-refractivity contribution in [2.75, 3.05) is 32.9 Å². The minimum Gasteiger partial charge on any atom is -0.394 e. The van der Waals surface area contributed by atoms with Crippen LogP contribution in [0.4, 0.5) is 0 Å². The minimum atomic E-state index is -0.905. The highest BCUT2D eigenvalue weighted by atomic mass is 16.5. The summed E-state index contributed by atoms with van der Waals surface area (Å²) >= 11 is 0. The van der Waals surface area contributed by atoms with Crippen molar-refractivity contribution in [1.29, 1.82) is 0 Å². The van der Waals surface area contributed by atoms with Crippen molar-refractivity contribution in [2.45, 2.75) is 12.5 Å². The number of amides is 2. The predicted molar refractivity (Wildman–Crippen MR) is 74.4 cm³/mol. The van der Waals surface area contributed by atoms with Crippen LogP contribution in [0.15, 0.2) is 24.5 Å². The first-order valence-electron chi connectivity index (χ1n) is 6.86. The molecule has 2 N–H and O–H groups in total. The van der Waals surface area contributed by atoms with Crippen LogP contribution in [0.3, 0.4) is 0 Å². The number of rotatable bonds is 5. The number of carbonyl (C=O) groups is 2. The molecule has 1 aliphatic rings. The maximum atomic E-state index is 12.2. The van der Waals surface area contributed by atoms with E-state index in [1.807, 2.05) is 0 Å². The first-order valence-corrected chi connectivity index (χ1v) is 6.86. The van der Waals surface area contributed by atoms with Crippen molar-refractivity contribution in [2.24, 2.45) is 0 Å². The molecule has 7 heteroatoms. The zero-order valence-corrected chi connectivity index (χ0v) is 11.7. The molecule has 1 unspecified atom stereocenters. The van der Waals surface area contributed by atoms with Gasteiger partial charge in [-0.15, -0.1) is 0 Å². The predicted octanol–water partition coefficient (Wildman–Crippen LogP) is -1.04. The van der Waals surface area contributed by atoms with Gasteiger partial charge in [-0.2, -0.15) is 0 Å². The first-order chi connectivity index (χ1) is 10.2. The molecule has 2 rings (SSSR count). The molecule has 1 aromatic heterocycles. The number of hydrogen-bond acceptors (Lipinski definition) is 5. The maximum Gasteiger partial charge on any atom is 0.247 e. The van der Waals surface area contributed by atoms with Crippen LogP contribution in [0.25, 0.3) is 0 Å². The normalized spacial score (nSPS) is 16.3. The zero-order valence-electron chi connectivity index (χ0n) is 11.7. The van der Waals surface area contributed by atoms with Crippen LogP contribution in [-0.2, 0) is 20.7 Å². The number of nitrogens with one attached hydrogen (secondary N) is 1. The number of pyridine rings is 1. The van der Waals surface area contributed by atoms with Gasteiger partial charge < -0.3 is 20.1 Å². The highest BCUT2D eigenvalue weighted by Crippen LogP contribution is 2.02. The Kier molecular flexibility index (Phi) is 5.65. The third-order valence-electron chi connectivity index (χ3n) is 3.25. The average molecular weight is 293 g/mol. The minimum absolute atomic E-state index is 0.148. The quantitative estimate of drug-likeness (QED) is 0.723. The van der Waals surface area contributed by atoms with Gasteiger partial charge in [0.2, 0.25) is 11.8 Å². The van der Waals surface area contributed by atoms with Gasteiger partial charge in [-0.05, 0) is 17.7 Å². The second kappa shape index (κ2) is 7.70. The molecular formula is C14H19N3O4. The highest BCUT2D eigenvalue weighted by Gasteiger charge is 2.26. The van der Waals surface area contributed by atoms with E-state index < -0.39 is 12.6 Å². The Morgan fingerprint density at radius 2 is 2.00 bits per heavy atom. The van der Waals surface area contributed by atoms with Gasteiger partial charge in [0.25, 0.3) is 0 Å². The van der Waals surface area contributed by atoms with Gasteiger partial charge in [-0.1, -0.05) is 0 Å². The van der Waals surface area contributed by atoms with E-state index in [9.17, 15) is 14.7 Å². The van der Waals surface area contributed by atoms with Gasteiger partial charge in [0, 0.05) is 25.5 Å².